The Morgan fingerprint density at radius 2 is 1.73 bits per heavy atom. The van der Waals surface area contributed by atoms with Crippen LogP contribution in [0.5, 0.6) is 11.5 Å². The fourth-order valence-electron chi connectivity index (χ4n) is 5.33. The predicted octanol–water partition coefficient (Wildman–Crippen LogP) is 3.76. The molecule has 2 aliphatic rings. The summed E-state index contributed by atoms with van der Waals surface area (Å²) in [6.45, 7) is 4.10. The van der Waals surface area contributed by atoms with Crippen LogP contribution in [0.3, 0.4) is 0 Å². The first-order valence-corrected chi connectivity index (χ1v) is 14.7. The lowest BCUT2D eigenvalue weighted by molar-refractivity contribution is -0.131. The molecule has 1 unspecified atom stereocenters. The molecular weight excluding hydrogens is 560 g/mol. The summed E-state index contributed by atoms with van der Waals surface area (Å²) < 4.78 is 16.6. The van der Waals surface area contributed by atoms with Crippen LogP contribution in [-0.4, -0.2) is 80.1 Å². The van der Waals surface area contributed by atoms with E-state index in [2.05, 4.69) is 10.6 Å². The fourth-order valence-corrected chi connectivity index (χ4v) is 5.33. The Bertz CT molecular complexity index is 1500. The van der Waals surface area contributed by atoms with Crippen LogP contribution in [0.15, 0.2) is 79.0 Å². The number of benzene rings is 3. The zero-order valence-corrected chi connectivity index (χ0v) is 25.0. The zero-order valence-electron chi connectivity index (χ0n) is 25.0. The second-order valence-electron chi connectivity index (χ2n) is 10.7. The van der Waals surface area contributed by atoms with Gasteiger partial charge in [-0.05, 0) is 48.4 Å². The fraction of sp³-hybridized carbons (Fsp3) is 0.324. The standard InChI is InChI=1S/C34H37N4O6/c1-24(39)38(21-26-7-3-6-10-32(26)42-2)22-28(19-27-20-35-31-9-5-4-8-30(27)31)36-33(40)23-44-29-13-11-25(12-14-29)34(41)37-15-17-43-18-16-37/h3-14,20,28H,15-19,21-23H2,1-2H3,(H,36,40). The summed E-state index contributed by atoms with van der Waals surface area (Å²) in [7, 11) is 1.60. The van der Waals surface area contributed by atoms with E-state index in [0.717, 1.165) is 22.4 Å². The van der Waals surface area contributed by atoms with Gasteiger partial charge in [0.15, 0.2) is 6.61 Å². The number of amides is 3. The predicted molar refractivity (Wildman–Crippen MR) is 166 cm³/mol. The second-order valence-corrected chi connectivity index (χ2v) is 10.7. The zero-order chi connectivity index (χ0) is 30.9. The van der Waals surface area contributed by atoms with Crippen molar-refractivity contribution >= 4 is 29.0 Å². The van der Waals surface area contributed by atoms with Crippen LogP contribution in [0, 0.1) is 0 Å². The molecule has 0 bridgehead atoms. The molecule has 1 radical (unpaired) electrons. The average molecular weight is 598 g/mol. The van der Waals surface area contributed by atoms with E-state index in [0.29, 0.717) is 56.3 Å². The minimum Gasteiger partial charge on any atom is -0.496 e. The van der Waals surface area contributed by atoms with Gasteiger partial charge in [0.1, 0.15) is 11.5 Å². The van der Waals surface area contributed by atoms with Gasteiger partial charge in [-0.3, -0.25) is 19.7 Å². The number of carbonyl (C=O) groups is 3. The maximum absolute atomic E-state index is 13.2. The van der Waals surface area contributed by atoms with E-state index in [1.165, 1.54) is 6.92 Å². The molecule has 0 saturated carbocycles. The number of para-hydroxylation sites is 2. The van der Waals surface area contributed by atoms with Gasteiger partial charge in [0.25, 0.3) is 11.8 Å². The smallest absolute Gasteiger partial charge is 0.258 e. The first-order chi connectivity index (χ1) is 21.4. The maximum atomic E-state index is 13.2. The van der Waals surface area contributed by atoms with Crippen molar-refractivity contribution in [3.63, 3.8) is 0 Å². The number of morpholine rings is 1. The van der Waals surface area contributed by atoms with Crippen molar-refractivity contribution in [2.24, 2.45) is 0 Å². The molecule has 44 heavy (non-hydrogen) atoms. The molecule has 2 heterocycles. The Balaban J connectivity index is 1.24. The summed E-state index contributed by atoms with van der Waals surface area (Å²) in [5.74, 6) is 0.662. The van der Waals surface area contributed by atoms with Crippen LogP contribution in [0.4, 0.5) is 5.69 Å². The molecule has 3 aromatic rings. The second kappa shape index (κ2) is 14.6. The number of nitrogens with zero attached hydrogens (tertiary/aromatic N) is 3. The molecule has 0 aliphatic carbocycles. The highest BCUT2D eigenvalue weighted by atomic mass is 16.5. The van der Waals surface area contributed by atoms with Gasteiger partial charge in [0.05, 0.1) is 32.1 Å². The van der Waals surface area contributed by atoms with E-state index < -0.39 is 6.04 Å². The monoisotopic (exact) mass is 597 g/mol. The van der Waals surface area contributed by atoms with E-state index >= 15 is 0 Å². The molecule has 0 spiro atoms. The minimum absolute atomic E-state index is 0.0573. The first kappa shape index (κ1) is 30.6. The number of hydrogen-bond donors (Lipinski definition) is 1. The largest absolute Gasteiger partial charge is 0.496 e. The van der Waals surface area contributed by atoms with E-state index in [1.54, 1.807) is 41.2 Å². The molecular formula is C34H37N4O6. The maximum Gasteiger partial charge on any atom is 0.258 e. The molecule has 3 aromatic carbocycles. The highest BCUT2D eigenvalue weighted by Crippen LogP contribution is 2.33. The van der Waals surface area contributed by atoms with Crippen LogP contribution in [0.1, 0.15) is 34.8 Å². The summed E-state index contributed by atoms with van der Waals surface area (Å²) in [6.07, 6.45) is 2.29. The lowest BCUT2D eigenvalue weighted by atomic mass is 9.99. The van der Waals surface area contributed by atoms with Crippen LogP contribution in [0.2, 0.25) is 0 Å². The van der Waals surface area contributed by atoms with Crippen molar-refractivity contribution in [1.29, 1.82) is 0 Å². The first-order valence-electron chi connectivity index (χ1n) is 14.7. The Kier molecular flexibility index (Phi) is 10.1. The molecule has 2 aliphatic heterocycles. The third-order valence-corrected chi connectivity index (χ3v) is 7.65. The molecule has 1 atom stereocenters. The summed E-state index contributed by atoms with van der Waals surface area (Å²) in [5.41, 5.74) is 4.29. The van der Waals surface area contributed by atoms with Gasteiger partial charge >= 0.3 is 0 Å². The molecule has 5 rings (SSSR count). The van der Waals surface area contributed by atoms with E-state index in [1.807, 2.05) is 54.7 Å². The summed E-state index contributed by atoms with van der Waals surface area (Å²) in [5, 5.41) is 7.59. The van der Waals surface area contributed by atoms with Crippen LogP contribution < -0.4 is 20.1 Å². The minimum atomic E-state index is -0.411. The van der Waals surface area contributed by atoms with E-state index in [9.17, 15) is 14.4 Å². The van der Waals surface area contributed by atoms with Gasteiger partial charge in [0, 0.05) is 56.0 Å². The van der Waals surface area contributed by atoms with Crippen molar-refractivity contribution in [2.45, 2.75) is 25.9 Å². The average Bonchev–Trinajstić information content (AvgIpc) is 3.46. The van der Waals surface area contributed by atoms with E-state index in [-0.39, 0.29) is 30.9 Å². The molecule has 0 aromatic heterocycles. The molecule has 229 valence electrons. The molecule has 1 saturated heterocycles. The number of methoxy groups -OCH3 is 1. The van der Waals surface area contributed by atoms with Crippen molar-refractivity contribution in [1.82, 2.24) is 20.4 Å². The van der Waals surface area contributed by atoms with Crippen molar-refractivity contribution in [3.8, 4) is 11.5 Å². The molecule has 10 nitrogen and oxygen atoms in total. The number of hydrogen-bond acceptors (Lipinski definition) is 6. The Morgan fingerprint density at radius 1 is 1.00 bits per heavy atom. The normalized spacial score (nSPS) is 14.5. The Morgan fingerprint density at radius 3 is 2.48 bits per heavy atom. The highest BCUT2D eigenvalue weighted by molar-refractivity contribution is 5.94. The van der Waals surface area contributed by atoms with Gasteiger partial charge in [-0.15, -0.1) is 0 Å². The Labute approximate surface area is 257 Å². The van der Waals surface area contributed by atoms with Gasteiger partial charge < -0.3 is 29.3 Å². The molecule has 3 amide bonds. The quantitative estimate of drug-likeness (QED) is 0.341. The van der Waals surface area contributed by atoms with Gasteiger partial charge in [-0.1, -0.05) is 36.4 Å². The third kappa shape index (κ3) is 7.76. The molecule has 10 heteroatoms. The van der Waals surface area contributed by atoms with Crippen LogP contribution >= 0.6 is 0 Å². The summed E-state index contributed by atoms with van der Waals surface area (Å²) in [6, 6.07) is 21.8. The number of carbonyl (C=O) groups excluding carboxylic acids is 3. The van der Waals surface area contributed by atoms with Gasteiger partial charge in [0.2, 0.25) is 5.91 Å². The van der Waals surface area contributed by atoms with Gasteiger partial charge in [-0.25, -0.2) is 0 Å². The number of fused-ring (bicyclic) bond motifs is 1. The van der Waals surface area contributed by atoms with Crippen LogP contribution in [0.25, 0.3) is 5.57 Å². The number of nitrogens with one attached hydrogen (secondary N) is 1. The molecule has 1 N–H and O–H groups in total. The SMILES string of the molecule is COc1ccccc1CN(CC(CC1=C[N]c2ccccc21)NC(=O)COc1ccc(C(=O)N2CCOCC2)cc1)C(C)=O. The number of ether oxygens (including phenoxy) is 3. The summed E-state index contributed by atoms with van der Waals surface area (Å²) in [4.78, 5) is 42.1. The van der Waals surface area contributed by atoms with Crippen LogP contribution in [-0.2, 0) is 20.9 Å². The summed E-state index contributed by atoms with van der Waals surface area (Å²) >= 11 is 0. The highest BCUT2D eigenvalue weighted by Gasteiger charge is 2.25. The lowest BCUT2D eigenvalue weighted by Gasteiger charge is -2.28. The third-order valence-electron chi connectivity index (χ3n) is 7.65. The van der Waals surface area contributed by atoms with Crippen molar-refractivity contribution in [3.05, 3.63) is 95.7 Å². The lowest BCUT2D eigenvalue weighted by Crippen LogP contribution is -2.46. The van der Waals surface area contributed by atoms with E-state index in [4.69, 9.17) is 14.2 Å². The Hall–Kier alpha value is -4.83. The molecule has 1 fully saturated rings. The van der Waals surface area contributed by atoms with Gasteiger partial charge in [-0.2, -0.15) is 0 Å². The van der Waals surface area contributed by atoms with Crippen molar-refractivity contribution < 1.29 is 28.6 Å². The number of rotatable bonds is 12. The topological polar surface area (TPSA) is 112 Å². The van der Waals surface area contributed by atoms with Crippen molar-refractivity contribution in [2.75, 3.05) is 46.6 Å².